The first-order valence-electron chi connectivity index (χ1n) is 10.5. The van der Waals surface area contributed by atoms with Crippen molar-refractivity contribution in [3.8, 4) is 11.5 Å². The van der Waals surface area contributed by atoms with E-state index in [1.165, 1.54) is 13.4 Å². The Morgan fingerprint density at radius 2 is 1.97 bits per heavy atom. The minimum atomic E-state index is -1.06. The average Bonchev–Trinajstić information content (AvgIpc) is 3.32. The molecule has 0 unspecified atom stereocenters. The number of amides is 1. The van der Waals surface area contributed by atoms with Gasteiger partial charge < -0.3 is 23.9 Å². The second kappa shape index (κ2) is 8.90. The van der Waals surface area contributed by atoms with Gasteiger partial charge in [0.25, 0.3) is 0 Å². The molecule has 1 aliphatic carbocycles. The maximum Gasteiger partial charge on any atom is 0.317 e. The molecule has 1 aliphatic heterocycles. The highest BCUT2D eigenvalue weighted by atomic mass is 16.5. The van der Waals surface area contributed by atoms with Crippen LogP contribution in [0.25, 0.3) is 0 Å². The van der Waals surface area contributed by atoms with Gasteiger partial charge in [0.15, 0.2) is 5.78 Å². The maximum atomic E-state index is 13.8. The highest BCUT2D eigenvalue weighted by Crippen LogP contribution is 2.47. The second-order valence-electron chi connectivity index (χ2n) is 7.73. The molecular formula is C24H25NO7. The number of Topliss-reactive ketones (excluding diaryl/α,β-unsaturated/α-hetero) is 1. The summed E-state index contributed by atoms with van der Waals surface area (Å²) in [7, 11) is 3.07. The van der Waals surface area contributed by atoms with E-state index < -0.39 is 23.7 Å². The summed E-state index contributed by atoms with van der Waals surface area (Å²) in [5.41, 5.74) is 1.56. The molecule has 4 rings (SSSR count). The highest BCUT2D eigenvalue weighted by molar-refractivity contribution is 6.12. The number of ether oxygens (including phenoxy) is 3. The molecule has 0 saturated carbocycles. The van der Waals surface area contributed by atoms with Gasteiger partial charge in [0, 0.05) is 35.1 Å². The van der Waals surface area contributed by atoms with Crippen LogP contribution < -0.4 is 14.8 Å². The number of hydrogen-bond acceptors (Lipinski definition) is 7. The van der Waals surface area contributed by atoms with Crippen molar-refractivity contribution in [2.24, 2.45) is 5.92 Å². The number of ketones is 1. The van der Waals surface area contributed by atoms with Crippen LogP contribution in [-0.2, 0) is 19.1 Å². The second-order valence-corrected chi connectivity index (χ2v) is 7.73. The zero-order chi connectivity index (χ0) is 22.8. The molecule has 2 aromatic rings. The Hall–Kier alpha value is -3.55. The van der Waals surface area contributed by atoms with Crippen molar-refractivity contribution in [1.82, 2.24) is 5.32 Å². The molecule has 8 heteroatoms. The number of methoxy groups -OCH3 is 2. The summed E-state index contributed by atoms with van der Waals surface area (Å²) in [6, 6.07) is 8.68. The fourth-order valence-corrected chi connectivity index (χ4v) is 4.60. The number of nitrogens with one attached hydrogen (secondary N) is 1. The number of furan rings is 1. The van der Waals surface area contributed by atoms with Crippen LogP contribution in [0, 0.1) is 5.92 Å². The SMILES string of the molecule is CCOC(=O)[C@H]1C(=O)C2=C(C[C@@H]1c1ccco1)NC(=O)C[C@H]2c1cc(OC)ccc1OC. The smallest absolute Gasteiger partial charge is 0.317 e. The molecule has 0 spiro atoms. The number of carbonyl (C=O) groups is 3. The lowest BCUT2D eigenvalue weighted by molar-refractivity contribution is -0.152. The predicted octanol–water partition coefficient (Wildman–Crippen LogP) is 3.09. The van der Waals surface area contributed by atoms with E-state index in [2.05, 4.69) is 5.32 Å². The van der Waals surface area contributed by atoms with Gasteiger partial charge in [-0.05, 0) is 43.7 Å². The molecule has 2 aliphatic rings. The third kappa shape index (κ3) is 3.77. The number of carbonyl (C=O) groups excluding carboxylic acids is 3. The molecule has 0 radical (unpaired) electrons. The van der Waals surface area contributed by atoms with Crippen molar-refractivity contribution in [2.45, 2.75) is 31.6 Å². The van der Waals surface area contributed by atoms with E-state index in [0.717, 1.165) is 0 Å². The van der Waals surface area contributed by atoms with Gasteiger partial charge in [-0.15, -0.1) is 0 Å². The summed E-state index contributed by atoms with van der Waals surface area (Å²) >= 11 is 0. The van der Waals surface area contributed by atoms with E-state index in [1.807, 2.05) is 0 Å². The predicted molar refractivity (Wildman–Crippen MR) is 113 cm³/mol. The molecule has 8 nitrogen and oxygen atoms in total. The molecule has 0 fully saturated rings. The van der Waals surface area contributed by atoms with E-state index in [9.17, 15) is 14.4 Å². The van der Waals surface area contributed by atoms with Gasteiger partial charge in [-0.3, -0.25) is 14.4 Å². The van der Waals surface area contributed by atoms with E-state index in [1.54, 1.807) is 44.4 Å². The minimum absolute atomic E-state index is 0.0507. The number of rotatable bonds is 6. The lowest BCUT2D eigenvalue weighted by Gasteiger charge is -2.37. The van der Waals surface area contributed by atoms with Crippen molar-refractivity contribution in [2.75, 3.05) is 20.8 Å². The molecule has 2 heterocycles. The third-order valence-electron chi connectivity index (χ3n) is 5.99. The quantitative estimate of drug-likeness (QED) is 0.545. The van der Waals surface area contributed by atoms with Crippen LogP contribution in [0.1, 0.15) is 42.9 Å². The van der Waals surface area contributed by atoms with Crippen LogP contribution in [0.4, 0.5) is 0 Å². The van der Waals surface area contributed by atoms with Crippen molar-refractivity contribution in [3.05, 3.63) is 59.2 Å². The van der Waals surface area contributed by atoms with E-state index in [0.29, 0.717) is 34.1 Å². The number of esters is 1. The normalized spacial score (nSPS) is 22.8. The van der Waals surface area contributed by atoms with Gasteiger partial charge in [0.2, 0.25) is 5.91 Å². The molecule has 1 N–H and O–H groups in total. The van der Waals surface area contributed by atoms with E-state index >= 15 is 0 Å². The Labute approximate surface area is 185 Å². The first kappa shape index (κ1) is 21.7. The van der Waals surface area contributed by atoms with Crippen molar-refractivity contribution >= 4 is 17.7 Å². The van der Waals surface area contributed by atoms with Gasteiger partial charge >= 0.3 is 5.97 Å². The molecule has 1 aromatic heterocycles. The van der Waals surface area contributed by atoms with Crippen molar-refractivity contribution in [1.29, 1.82) is 0 Å². The Morgan fingerprint density at radius 3 is 2.62 bits per heavy atom. The third-order valence-corrected chi connectivity index (χ3v) is 5.99. The molecule has 0 saturated heterocycles. The summed E-state index contributed by atoms with van der Waals surface area (Å²) in [5, 5.41) is 2.85. The lowest BCUT2D eigenvalue weighted by atomic mass is 9.69. The molecule has 0 bridgehead atoms. The molecule has 1 amide bonds. The number of allylic oxidation sites excluding steroid dienone is 2. The minimum Gasteiger partial charge on any atom is -0.497 e. The first-order chi connectivity index (χ1) is 15.5. The molecule has 168 valence electrons. The summed E-state index contributed by atoms with van der Waals surface area (Å²) in [5.74, 6) is -1.78. The Kier molecular flexibility index (Phi) is 6.03. The standard InChI is InChI=1S/C24H25NO7/c1-4-31-24(28)22-16(19-6-5-9-32-19)11-17-21(23(22)27)15(12-20(26)25-17)14-10-13(29-2)7-8-18(14)30-3/h5-10,15-16,22H,4,11-12H2,1-3H3,(H,25,26)/t15-,16+,22+/m0/s1. The summed E-state index contributed by atoms with van der Waals surface area (Å²) in [6.07, 6.45) is 1.82. The lowest BCUT2D eigenvalue weighted by Crippen LogP contribution is -2.44. The number of benzene rings is 1. The van der Waals surface area contributed by atoms with E-state index in [4.69, 9.17) is 18.6 Å². The zero-order valence-electron chi connectivity index (χ0n) is 18.2. The summed E-state index contributed by atoms with van der Waals surface area (Å²) in [6.45, 7) is 1.85. The van der Waals surface area contributed by atoms with Crippen LogP contribution >= 0.6 is 0 Å². The van der Waals surface area contributed by atoms with Gasteiger partial charge in [-0.2, -0.15) is 0 Å². The topological polar surface area (TPSA) is 104 Å². The Morgan fingerprint density at radius 1 is 1.16 bits per heavy atom. The molecule has 1 aromatic carbocycles. The van der Waals surface area contributed by atoms with Crippen LogP contribution in [0.5, 0.6) is 11.5 Å². The number of hydrogen-bond donors (Lipinski definition) is 1. The van der Waals surface area contributed by atoms with Gasteiger partial charge in [-0.1, -0.05) is 0 Å². The molecular weight excluding hydrogens is 414 g/mol. The van der Waals surface area contributed by atoms with Gasteiger partial charge in [0.05, 0.1) is 27.1 Å². The zero-order valence-corrected chi connectivity index (χ0v) is 18.2. The summed E-state index contributed by atoms with van der Waals surface area (Å²) < 4.78 is 21.6. The average molecular weight is 439 g/mol. The monoisotopic (exact) mass is 439 g/mol. The van der Waals surface area contributed by atoms with Crippen molar-refractivity contribution < 1.29 is 33.0 Å². The van der Waals surface area contributed by atoms with Gasteiger partial charge in [-0.25, -0.2) is 0 Å². The van der Waals surface area contributed by atoms with Crippen molar-refractivity contribution in [3.63, 3.8) is 0 Å². The maximum absolute atomic E-state index is 13.8. The first-order valence-corrected chi connectivity index (χ1v) is 10.5. The van der Waals surface area contributed by atoms with Gasteiger partial charge in [0.1, 0.15) is 23.2 Å². The molecule has 32 heavy (non-hydrogen) atoms. The van der Waals surface area contributed by atoms with E-state index in [-0.39, 0.29) is 31.1 Å². The fraction of sp³-hybridized carbons (Fsp3) is 0.375. The van der Waals surface area contributed by atoms with Crippen LogP contribution in [0.15, 0.2) is 52.3 Å². The largest absolute Gasteiger partial charge is 0.497 e. The van der Waals surface area contributed by atoms with Crippen LogP contribution in [0.2, 0.25) is 0 Å². The Balaban J connectivity index is 1.85. The Bertz CT molecular complexity index is 1070. The van der Waals surface area contributed by atoms with Crippen LogP contribution in [-0.4, -0.2) is 38.5 Å². The fourth-order valence-electron chi connectivity index (χ4n) is 4.60. The highest BCUT2D eigenvalue weighted by Gasteiger charge is 2.49. The summed E-state index contributed by atoms with van der Waals surface area (Å²) in [4.78, 5) is 39.3. The molecule has 3 atom stereocenters. The van der Waals surface area contributed by atoms with Crippen LogP contribution in [0.3, 0.4) is 0 Å².